The van der Waals surface area contributed by atoms with Crippen molar-refractivity contribution in [3.8, 4) is 0 Å². The van der Waals surface area contributed by atoms with E-state index in [9.17, 15) is 5.11 Å². The molecule has 1 saturated heterocycles. The first kappa shape index (κ1) is 20.5. The Hall–Kier alpha value is -1.28. The summed E-state index contributed by atoms with van der Waals surface area (Å²) in [6.45, 7) is 13.4. The Kier molecular flexibility index (Phi) is 6.05. The van der Waals surface area contributed by atoms with Crippen LogP contribution in [0.1, 0.15) is 67.2 Å². The molecule has 6 unspecified atom stereocenters. The van der Waals surface area contributed by atoms with E-state index in [1.54, 1.807) is 0 Å². The second-order valence-electron chi connectivity index (χ2n) is 9.58. The van der Waals surface area contributed by atoms with E-state index in [0.717, 1.165) is 0 Å². The van der Waals surface area contributed by atoms with E-state index >= 15 is 0 Å². The molecule has 150 valence electrons. The van der Waals surface area contributed by atoms with E-state index in [1.807, 2.05) is 6.08 Å². The number of rotatable bonds is 6. The van der Waals surface area contributed by atoms with Crippen LogP contribution in [0.5, 0.6) is 0 Å². The third-order valence-corrected chi connectivity index (χ3v) is 7.10. The lowest BCUT2D eigenvalue weighted by molar-refractivity contribution is -0.154. The third kappa shape index (κ3) is 4.11. The molecule has 0 radical (unpaired) electrons. The van der Waals surface area contributed by atoms with Gasteiger partial charge in [0.15, 0.2) is 0 Å². The second-order valence-corrected chi connectivity index (χ2v) is 9.58. The summed E-state index contributed by atoms with van der Waals surface area (Å²) in [4.78, 5) is 0. The highest BCUT2D eigenvalue weighted by Crippen LogP contribution is 2.50. The van der Waals surface area contributed by atoms with Crippen molar-refractivity contribution in [3.05, 3.63) is 47.3 Å². The van der Waals surface area contributed by atoms with E-state index in [-0.39, 0.29) is 17.6 Å². The second kappa shape index (κ2) is 7.99. The standard InChI is InChI=1S/C25H38O2/c1-7-8-9-10-17(3)18(4)19-14-22(26)24-20-13-16(2)11-12-21(20)25(5,6)27-23(24)15-19/h11-15,17-18,20-21,23-24,26H,7-10H2,1-6H3. The Morgan fingerprint density at radius 1 is 1.19 bits per heavy atom. The van der Waals surface area contributed by atoms with Gasteiger partial charge in [0, 0.05) is 5.92 Å². The van der Waals surface area contributed by atoms with E-state index in [0.29, 0.717) is 29.4 Å². The highest BCUT2D eigenvalue weighted by Gasteiger charge is 2.50. The van der Waals surface area contributed by atoms with Crippen molar-refractivity contribution < 1.29 is 9.84 Å². The molecule has 0 aromatic heterocycles. The summed E-state index contributed by atoms with van der Waals surface area (Å²) in [6, 6.07) is 0. The van der Waals surface area contributed by atoms with Crippen molar-refractivity contribution in [1.82, 2.24) is 0 Å². The molecule has 1 heterocycles. The van der Waals surface area contributed by atoms with Crippen molar-refractivity contribution in [2.24, 2.45) is 29.6 Å². The SMILES string of the molecule is CCCCCC(C)C(C)C1=CC2OC(C)(C)C3C=CC(C)=CC3C2C(O)=C1. The van der Waals surface area contributed by atoms with Crippen molar-refractivity contribution in [3.63, 3.8) is 0 Å². The number of hydrogen-bond acceptors (Lipinski definition) is 2. The summed E-state index contributed by atoms with van der Waals surface area (Å²) in [6.07, 6.45) is 16.2. The van der Waals surface area contributed by atoms with Crippen LogP contribution >= 0.6 is 0 Å². The summed E-state index contributed by atoms with van der Waals surface area (Å²) in [5.74, 6) is 2.21. The summed E-state index contributed by atoms with van der Waals surface area (Å²) in [5.41, 5.74) is 2.31. The van der Waals surface area contributed by atoms with Crippen molar-refractivity contribution >= 4 is 0 Å². The fourth-order valence-electron chi connectivity index (χ4n) is 5.18. The molecule has 2 nitrogen and oxygen atoms in total. The van der Waals surface area contributed by atoms with Crippen LogP contribution in [0, 0.1) is 29.6 Å². The number of ether oxygens (including phenoxy) is 1. The first-order chi connectivity index (χ1) is 12.7. The largest absolute Gasteiger partial charge is 0.512 e. The zero-order valence-electron chi connectivity index (χ0n) is 18.0. The van der Waals surface area contributed by atoms with Gasteiger partial charge in [-0.15, -0.1) is 0 Å². The van der Waals surface area contributed by atoms with Crippen LogP contribution in [0.15, 0.2) is 47.3 Å². The van der Waals surface area contributed by atoms with Gasteiger partial charge in [0.2, 0.25) is 0 Å². The maximum Gasteiger partial charge on any atom is 0.0991 e. The Morgan fingerprint density at radius 2 is 1.93 bits per heavy atom. The number of aliphatic hydroxyl groups excluding tert-OH is 1. The van der Waals surface area contributed by atoms with Crippen molar-refractivity contribution in [2.45, 2.75) is 78.9 Å². The maximum atomic E-state index is 11.0. The molecule has 2 heteroatoms. The first-order valence-corrected chi connectivity index (χ1v) is 10.9. The fourth-order valence-corrected chi connectivity index (χ4v) is 5.18. The number of aliphatic hydroxyl groups is 1. The molecule has 0 aromatic carbocycles. The van der Waals surface area contributed by atoms with Gasteiger partial charge >= 0.3 is 0 Å². The molecular weight excluding hydrogens is 332 g/mol. The summed E-state index contributed by atoms with van der Waals surface area (Å²) in [5, 5.41) is 11.0. The van der Waals surface area contributed by atoms with Gasteiger partial charge in [0.05, 0.1) is 23.4 Å². The zero-order chi connectivity index (χ0) is 19.8. The molecule has 0 aromatic rings. The average molecular weight is 371 g/mol. The number of fused-ring (bicyclic) bond motifs is 3. The molecule has 0 spiro atoms. The van der Waals surface area contributed by atoms with Crippen molar-refractivity contribution in [2.75, 3.05) is 0 Å². The summed E-state index contributed by atoms with van der Waals surface area (Å²) < 4.78 is 6.55. The van der Waals surface area contributed by atoms with Gasteiger partial charge < -0.3 is 9.84 Å². The Morgan fingerprint density at radius 3 is 2.63 bits per heavy atom. The first-order valence-electron chi connectivity index (χ1n) is 10.9. The Labute approximate surface area is 166 Å². The van der Waals surface area contributed by atoms with Crippen LogP contribution in [0.25, 0.3) is 0 Å². The minimum absolute atomic E-state index is 0.0364. The van der Waals surface area contributed by atoms with Crippen molar-refractivity contribution in [1.29, 1.82) is 0 Å². The number of hydrogen-bond donors (Lipinski definition) is 1. The average Bonchev–Trinajstić information content (AvgIpc) is 2.59. The van der Waals surface area contributed by atoms with Gasteiger partial charge in [-0.1, -0.05) is 76.3 Å². The van der Waals surface area contributed by atoms with Crippen LogP contribution in [-0.4, -0.2) is 16.8 Å². The summed E-state index contributed by atoms with van der Waals surface area (Å²) >= 11 is 0. The van der Waals surface area contributed by atoms with E-state index in [2.05, 4.69) is 65.8 Å². The lowest BCUT2D eigenvalue weighted by Gasteiger charge is -2.51. The Bertz CT molecular complexity index is 664. The number of allylic oxidation sites excluding steroid dienone is 5. The molecule has 3 aliphatic rings. The summed E-state index contributed by atoms with van der Waals surface area (Å²) in [7, 11) is 0. The highest BCUT2D eigenvalue weighted by molar-refractivity contribution is 5.37. The Balaban J connectivity index is 1.82. The molecule has 1 aliphatic heterocycles. The van der Waals surface area contributed by atoms with Gasteiger partial charge in [-0.3, -0.25) is 0 Å². The zero-order valence-corrected chi connectivity index (χ0v) is 18.0. The molecule has 0 saturated carbocycles. The van der Waals surface area contributed by atoms with E-state index in [1.165, 1.54) is 36.8 Å². The minimum Gasteiger partial charge on any atom is -0.512 e. The molecule has 27 heavy (non-hydrogen) atoms. The normalized spacial score (nSPS) is 33.9. The van der Waals surface area contributed by atoms with E-state index < -0.39 is 0 Å². The molecule has 3 rings (SSSR count). The maximum absolute atomic E-state index is 11.0. The molecule has 1 fully saturated rings. The smallest absolute Gasteiger partial charge is 0.0991 e. The molecule has 0 amide bonds. The van der Waals surface area contributed by atoms with Gasteiger partial charge in [-0.2, -0.15) is 0 Å². The molecule has 1 N–H and O–H groups in total. The van der Waals surface area contributed by atoms with Gasteiger partial charge in [-0.25, -0.2) is 0 Å². The molecular formula is C25H38O2. The molecule has 6 atom stereocenters. The topological polar surface area (TPSA) is 29.5 Å². The van der Waals surface area contributed by atoms with Crippen LogP contribution in [0.2, 0.25) is 0 Å². The number of unbranched alkanes of at least 4 members (excludes halogenated alkanes) is 2. The van der Waals surface area contributed by atoms with Crippen LogP contribution < -0.4 is 0 Å². The van der Waals surface area contributed by atoms with Gasteiger partial charge in [-0.05, 0) is 50.2 Å². The minimum atomic E-state index is -0.227. The molecule has 0 bridgehead atoms. The van der Waals surface area contributed by atoms with Crippen LogP contribution in [0.4, 0.5) is 0 Å². The quantitative estimate of drug-likeness (QED) is 0.523. The van der Waals surface area contributed by atoms with Gasteiger partial charge in [0.1, 0.15) is 0 Å². The monoisotopic (exact) mass is 370 g/mol. The fraction of sp³-hybridized carbons (Fsp3) is 0.680. The lowest BCUT2D eigenvalue weighted by atomic mass is 9.64. The van der Waals surface area contributed by atoms with Gasteiger partial charge in [0.25, 0.3) is 0 Å². The van der Waals surface area contributed by atoms with E-state index in [4.69, 9.17) is 4.74 Å². The van der Waals surface area contributed by atoms with Crippen LogP contribution in [0.3, 0.4) is 0 Å². The molecule has 2 aliphatic carbocycles. The predicted octanol–water partition coefficient (Wildman–Crippen LogP) is 6.76. The predicted molar refractivity (Wildman–Crippen MR) is 114 cm³/mol. The van der Waals surface area contributed by atoms with Crippen LogP contribution in [-0.2, 0) is 4.74 Å². The lowest BCUT2D eigenvalue weighted by Crippen LogP contribution is -2.53. The highest BCUT2D eigenvalue weighted by atomic mass is 16.5. The third-order valence-electron chi connectivity index (χ3n) is 7.10.